The van der Waals surface area contributed by atoms with E-state index in [4.69, 9.17) is 4.74 Å². The molecule has 0 amide bonds. The fourth-order valence-electron chi connectivity index (χ4n) is 6.18. The Balaban J connectivity index is 1.79. The largest absolute Gasteiger partial charge is 0.507 e. The van der Waals surface area contributed by atoms with Crippen molar-refractivity contribution in [3.05, 3.63) is 16.7 Å². The van der Waals surface area contributed by atoms with Gasteiger partial charge in [0.1, 0.15) is 11.9 Å². The third kappa shape index (κ3) is 1.49. The minimum Gasteiger partial charge on any atom is -0.507 e. The van der Waals surface area contributed by atoms with E-state index >= 15 is 0 Å². The Bertz CT molecular complexity index is 798. The van der Waals surface area contributed by atoms with Gasteiger partial charge in [-0.2, -0.15) is 0 Å². The molecule has 5 atom stereocenters. The quantitative estimate of drug-likeness (QED) is 0.713. The zero-order valence-electron chi connectivity index (χ0n) is 14.5. The van der Waals surface area contributed by atoms with Crippen molar-refractivity contribution in [3.8, 4) is 17.2 Å². The minimum absolute atomic E-state index is 0.0172. The Kier molecular flexibility index (Phi) is 2.49. The molecule has 0 aromatic heterocycles. The van der Waals surface area contributed by atoms with E-state index in [-0.39, 0.29) is 40.1 Å². The number of rotatable bonds is 0. The molecule has 4 nitrogen and oxygen atoms in total. The molecule has 24 heavy (non-hydrogen) atoms. The maximum Gasteiger partial charge on any atom is 0.168 e. The summed E-state index contributed by atoms with van der Waals surface area (Å²) in [6.07, 6.45) is 4.20. The standard InChI is InChI=1S/C20H24O4/c1-9-6-11-16(22)14-12(21)7-13-19(2,5-4-10-8-20(10,13)3)15(14)17(23)18(11)24-9/h9-10,13,22-23H,4-8H2,1-3H3/t9-,10-,13-,19-,20+/m0/s1. The fraction of sp³-hybridized carbons (Fsp3) is 0.650. The predicted octanol–water partition coefficient (Wildman–Crippen LogP) is 3.70. The monoisotopic (exact) mass is 328 g/mol. The van der Waals surface area contributed by atoms with Gasteiger partial charge in [0.25, 0.3) is 0 Å². The van der Waals surface area contributed by atoms with E-state index in [1.807, 2.05) is 6.92 Å². The van der Waals surface area contributed by atoms with Gasteiger partial charge in [-0.15, -0.1) is 0 Å². The molecular formula is C20H24O4. The van der Waals surface area contributed by atoms with Crippen LogP contribution in [-0.2, 0) is 11.8 Å². The Morgan fingerprint density at radius 1 is 1.17 bits per heavy atom. The third-order valence-electron chi connectivity index (χ3n) is 7.58. The molecule has 1 aliphatic heterocycles. The van der Waals surface area contributed by atoms with Crippen molar-refractivity contribution in [1.29, 1.82) is 0 Å². The highest BCUT2D eigenvalue weighted by molar-refractivity contribution is 6.04. The lowest BCUT2D eigenvalue weighted by molar-refractivity contribution is 0.0694. The molecule has 0 bridgehead atoms. The molecular weight excluding hydrogens is 304 g/mol. The smallest absolute Gasteiger partial charge is 0.168 e. The second kappa shape index (κ2) is 4.09. The number of aromatic hydroxyl groups is 2. The van der Waals surface area contributed by atoms with E-state index in [9.17, 15) is 15.0 Å². The first-order chi connectivity index (χ1) is 11.3. The van der Waals surface area contributed by atoms with Crippen LogP contribution in [0.2, 0.25) is 0 Å². The number of phenols is 2. The van der Waals surface area contributed by atoms with Gasteiger partial charge in [-0.05, 0) is 43.4 Å². The average molecular weight is 328 g/mol. The maximum atomic E-state index is 12.9. The van der Waals surface area contributed by atoms with Crippen molar-refractivity contribution < 1.29 is 19.7 Å². The van der Waals surface area contributed by atoms with Crippen LogP contribution >= 0.6 is 0 Å². The summed E-state index contributed by atoms with van der Waals surface area (Å²) in [6, 6.07) is 0. The first-order valence-electron chi connectivity index (χ1n) is 9.08. The molecule has 2 N–H and O–H groups in total. The Morgan fingerprint density at radius 2 is 1.92 bits per heavy atom. The normalized spacial score (nSPS) is 41.8. The van der Waals surface area contributed by atoms with Gasteiger partial charge < -0.3 is 14.9 Å². The van der Waals surface area contributed by atoms with E-state index in [1.54, 1.807) is 0 Å². The van der Waals surface area contributed by atoms with Crippen LogP contribution in [0, 0.1) is 17.3 Å². The molecule has 4 heteroatoms. The summed E-state index contributed by atoms with van der Waals surface area (Å²) >= 11 is 0. The summed E-state index contributed by atoms with van der Waals surface area (Å²) in [5, 5.41) is 21.8. The van der Waals surface area contributed by atoms with Crippen molar-refractivity contribution in [1.82, 2.24) is 0 Å². The zero-order valence-corrected chi connectivity index (χ0v) is 14.5. The van der Waals surface area contributed by atoms with Gasteiger partial charge in [-0.1, -0.05) is 13.8 Å². The van der Waals surface area contributed by atoms with E-state index in [1.165, 1.54) is 6.42 Å². The molecule has 0 spiro atoms. The van der Waals surface area contributed by atoms with Crippen molar-refractivity contribution in [2.24, 2.45) is 17.3 Å². The topological polar surface area (TPSA) is 66.8 Å². The Morgan fingerprint density at radius 3 is 2.67 bits per heavy atom. The van der Waals surface area contributed by atoms with Crippen LogP contribution < -0.4 is 4.74 Å². The molecule has 4 aliphatic rings. The lowest BCUT2D eigenvalue weighted by Crippen LogP contribution is -2.46. The van der Waals surface area contributed by atoms with E-state index in [0.29, 0.717) is 41.2 Å². The number of phenolic OH excluding ortho intramolecular Hbond substituents is 2. The average Bonchev–Trinajstić information content (AvgIpc) is 3.04. The minimum atomic E-state index is -0.267. The molecule has 0 saturated heterocycles. The van der Waals surface area contributed by atoms with E-state index in [2.05, 4.69) is 13.8 Å². The SMILES string of the molecule is C[C@H]1Cc2c(O)c3c(c(O)c2O1)[C@@]1(C)CC[C@H]2C[C@@]2(C)[C@H]1CC3=O. The van der Waals surface area contributed by atoms with Crippen molar-refractivity contribution >= 4 is 5.78 Å². The predicted molar refractivity (Wildman–Crippen MR) is 88.8 cm³/mol. The molecule has 2 fully saturated rings. The number of carbonyl (C=O) groups excluding carboxylic acids is 1. The first kappa shape index (κ1) is 14.6. The van der Waals surface area contributed by atoms with Gasteiger partial charge in [0.15, 0.2) is 17.3 Å². The second-order valence-electron chi connectivity index (χ2n) is 8.93. The number of hydrogen-bond donors (Lipinski definition) is 2. The molecule has 3 aliphatic carbocycles. The van der Waals surface area contributed by atoms with Gasteiger partial charge in [-0.3, -0.25) is 4.79 Å². The number of ether oxygens (including phenoxy) is 1. The van der Waals surface area contributed by atoms with E-state index < -0.39 is 0 Å². The van der Waals surface area contributed by atoms with Crippen molar-refractivity contribution in [3.63, 3.8) is 0 Å². The lowest BCUT2D eigenvalue weighted by Gasteiger charge is -2.49. The molecule has 1 heterocycles. The van der Waals surface area contributed by atoms with Gasteiger partial charge >= 0.3 is 0 Å². The maximum absolute atomic E-state index is 12.9. The number of benzene rings is 1. The molecule has 0 unspecified atom stereocenters. The van der Waals surface area contributed by atoms with Crippen molar-refractivity contribution in [2.45, 2.75) is 64.4 Å². The van der Waals surface area contributed by atoms with Crippen LogP contribution in [0.15, 0.2) is 0 Å². The summed E-state index contributed by atoms with van der Waals surface area (Å²) in [5.74, 6) is 1.49. The van der Waals surface area contributed by atoms with Gasteiger partial charge in [0.05, 0.1) is 5.56 Å². The first-order valence-corrected chi connectivity index (χ1v) is 9.08. The molecule has 128 valence electrons. The number of ketones is 1. The van der Waals surface area contributed by atoms with Crippen LogP contribution in [0.1, 0.15) is 67.9 Å². The molecule has 2 saturated carbocycles. The highest BCUT2D eigenvalue weighted by Gasteiger charge is 2.66. The Labute approximate surface area is 141 Å². The van der Waals surface area contributed by atoms with Gasteiger partial charge in [0.2, 0.25) is 0 Å². The molecule has 1 aromatic rings. The fourth-order valence-corrected chi connectivity index (χ4v) is 6.18. The summed E-state index contributed by atoms with van der Waals surface area (Å²) in [7, 11) is 0. The number of hydrogen-bond acceptors (Lipinski definition) is 4. The lowest BCUT2D eigenvalue weighted by atomic mass is 9.54. The third-order valence-corrected chi connectivity index (χ3v) is 7.58. The van der Waals surface area contributed by atoms with Crippen LogP contribution in [0.25, 0.3) is 0 Å². The molecule has 1 aromatic carbocycles. The van der Waals surface area contributed by atoms with Gasteiger partial charge in [-0.25, -0.2) is 0 Å². The van der Waals surface area contributed by atoms with Gasteiger partial charge in [0, 0.05) is 29.4 Å². The highest BCUT2D eigenvalue weighted by atomic mass is 16.5. The van der Waals surface area contributed by atoms with Crippen LogP contribution in [0.5, 0.6) is 17.2 Å². The van der Waals surface area contributed by atoms with Crippen LogP contribution in [-0.4, -0.2) is 22.1 Å². The van der Waals surface area contributed by atoms with Crippen LogP contribution in [0.4, 0.5) is 0 Å². The Hall–Kier alpha value is -1.71. The van der Waals surface area contributed by atoms with Crippen molar-refractivity contribution in [2.75, 3.05) is 0 Å². The van der Waals surface area contributed by atoms with Crippen LogP contribution in [0.3, 0.4) is 0 Å². The van der Waals surface area contributed by atoms with E-state index in [0.717, 1.165) is 12.8 Å². The second-order valence-corrected chi connectivity index (χ2v) is 8.93. The number of fused-ring (bicyclic) bond motifs is 6. The molecule has 5 rings (SSSR count). The summed E-state index contributed by atoms with van der Waals surface area (Å²) in [4.78, 5) is 12.9. The summed E-state index contributed by atoms with van der Waals surface area (Å²) in [6.45, 7) is 6.38. The highest BCUT2D eigenvalue weighted by Crippen LogP contribution is 2.72. The number of carbonyl (C=O) groups is 1. The summed E-state index contributed by atoms with van der Waals surface area (Å²) < 4.78 is 5.79. The summed E-state index contributed by atoms with van der Waals surface area (Å²) in [5.41, 5.74) is 1.55. The molecule has 0 radical (unpaired) electrons. The number of Topliss-reactive ketones (excluding diaryl/α,β-unsaturated/α-hetero) is 1. The zero-order chi connectivity index (χ0) is 17.0.